The van der Waals surface area contributed by atoms with Crippen LogP contribution in [0.3, 0.4) is 0 Å². The van der Waals surface area contributed by atoms with Crippen molar-refractivity contribution < 1.29 is 4.74 Å². The first-order chi connectivity index (χ1) is 5.86. The lowest BCUT2D eigenvalue weighted by Crippen LogP contribution is -1.94. The SMILES string of the molecule is Cl/C1=C/C=C2/OCCC2C#CC1. The van der Waals surface area contributed by atoms with Crippen molar-refractivity contribution in [3.8, 4) is 11.8 Å². The lowest BCUT2D eigenvalue weighted by Gasteiger charge is -2.02. The number of halogens is 1. The topological polar surface area (TPSA) is 9.23 Å². The van der Waals surface area contributed by atoms with Crippen molar-refractivity contribution in [2.24, 2.45) is 5.92 Å². The van der Waals surface area contributed by atoms with Gasteiger partial charge in [0.2, 0.25) is 0 Å². The molecule has 0 N–H and O–H groups in total. The average molecular weight is 181 g/mol. The van der Waals surface area contributed by atoms with Crippen molar-refractivity contribution in [1.82, 2.24) is 0 Å². The van der Waals surface area contributed by atoms with E-state index in [4.69, 9.17) is 16.3 Å². The minimum atomic E-state index is 0.311. The van der Waals surface area contributed by atoms with Gasteiger partial charge < -0.3 is 4.74 Å². The molecule has 1 unspecified atom stereocenters. The second-order valence-electron chi connectivity index (χ2n) is 2.87. The molecule has 2 heteroatoms. The molecule has 2 rings (SSSR count). The molecule has 1 saturated heterocycles. The standard InChI is InChI=1S/C10H9ClO/c11-9-3-1-2-8-6-7-12-10(8)5-4-9/h4-5,8H,3,6-7H2/b9-4+,10-5+. The molecular weight excluding hydrogens is 172 g/mol. The van der Waals surface area contributed by atoms with Gasteiger partial charge >= 0.3 is 0 Å². The fraction of sp³-hybridized carbons (Fsp3) is 0.400. The van der Waals surface area contributed by atoms with Crippen LogP contribution < -0.4 is 0 Å². The first-order valence-electron chi connectivity index (χ1n) is 4.04. The number of ether oxygens (including phenoxy) is 1. The Morgan fingerprint density at radius 2 is 2.42 bits per heavy atom. The lowest BCUT2D eigenvalue weighted by atomic mass is 10.0. The molecule has 62 valence electrons. The number of hydrogen-bond acceptors (Lipinski definition) is 1. The molecule has 0 radical (unpaired) electrons. The van der Waals surface area contributed by atoms with E-state index >= 15 is 0 Å². The third kappa shape index (κ3) is 1.49. The molecule has 1 heterocycles. The van der Waals surface area contributed by atoms with Crippen LogP contribution in [0.5, 0.6) is 0 Å². The predicted octanol–water partition coefficient (Wildman–Crippen LogP) is 2.44. The minimum absolute atomic E-state index is 0.311. The van der Waals surface area contributed by atoms with E-state index in [2.05, 4.69) is 11.8 Å². The second-order valence-corrected chi connectivity index (χ2v) is 3.36. The fourth-order valence-electron chi connectivity index (χ4n) is 1.34. The monoisotopic (exact) mass is 180 g/mol. The number of allylic oxidation sites excluding steroid dienone is 4. The van der Waals surface area contributed by atoms with E-state index in [9.17, 15) is 0 Å². The second kappa shape index (κ2) is 3.25. The summed E-state index contributed by atoms with van der Waals surface area (Å²) in [6.45, 7) is 0.788. The third-order valence-electron chi connectivity index (χ3n) is 1.98. The van der Waals surface area contributed by atoms with Crippen LogP contribution in [-0.2, 0) is 4.74 Å². The van der Waals surface area contributed by atoms with Crippen molar-refractivity contribution in [1.29, 1.82) is 0 Å². The Labute approximate surface area is 77.0 Å². The van der Waals surface area contributed by atoms with Crippen LogP contribution in [0.4, 0.5) is 0 Å². The van der Waals surface area contributed by atoms with Crippen LogP contribution >= 0.6 is 11.6 Å². The normalized spacial score (nSPS) is 35.2. The summed E-state index contributed by atoms with van der Waals surface area (Å²) in [6.07, 6.45) is 5.50. The van der Waals surface area contributed by atoms with Gasteiger partial charge in [-0.15, -0.1) is 0 Å². The van der Waals surface area contributed by atoms with Gasteiger partial charge in [-0.25, -0.2) is 0 Å². The van der Waals surface area contributed by atoms with Gasteiger partial charge in [-0.05, 0) is 12.2 Å². The smallest absolute Gasteiger partial charge is 0.111 e. The maximum Gasteiger partial charge on any atom is 0.111 e. The summed E-state index contributed by atoms with van der Waals surface area (Å²) in [5, 5.41) is 0.781. The highest BCUT2D eigenvalue weighted by Crippen LogP contribution is 2.25. The molecule has 2 aliphatic rings. The Balaban J connectivity index is 2.30. The molecule has 1 aliphatic carbocycles. The van der Waals surface area contributed by atoms with Gasteiger partial charge in [0.15, 0.2) is 0 Å². The van der Waals surface area contributed by atoms with E-state index in [1.807, 2.05) is 12.2 Å². The van der Waals surface area contributed by atoms with Crippen LogP contribution in [0.1, 0.15) is 12.8 Å². The van der Waals surface area contributed by atoms with Crippen LogP contribution in [0, 0.1) is 17.8 Å². The van der Waals surface area contributed by atoms with E-state index in [0.717, 1.165) is 23.8 Å². The summed E-state index contributed by atoms with van der Waals surface area (Å²) in [5.41, 5.74) is 0. The van der Waals surface area contributed by atoms with Gasteiger partial charge in [0.1, 0.15) is 5.76 Å². The van der Waals surface area contributed by atoms with Gasteiger partial charge in [-0.1, -0.05) is 23.4 Å². The molecular formula is C10H9ClO. The maximum atomic E-state index is 5.84. The average Bonchev–Trinajstić information content (AvgIpc) is 2.45. The summed E-state index contributed by atoms with van der Waals surface area (Å²) < 4.78 is 5.40. The number of hydrogen-bond donors (Lipinski definition) is 0. The van der Waals surface area contributed by atoms with Crippen molar-refractivity contribution in [2.75, 3.05) is 6.61 Å². The highest BCUT2D eigenvalue weighted by molar-refractivity contribution is 6.29. The van der Waals surface area contributed by atoms with E-state index in [-0.39, 0.29) is 0 Å². The summed E-state index contributed by atoms with van der Waals surface area (Å²) in [6, 6.07) is 0. The molecule has 0 amide bonds. The Hall–Kier alpha value is -0.870. The van der Waals surface area contributed by atoms with Gasteiger partial charge in [0.05, 0.1) is 12.5 Å². The Kier molecular flexibility index (Phi) is 2.10. The lowest BCUT2D eigenvalue weighted by molar-refractivity contribution is 0.261. The van der Waals surface area contributed by atoms with Crippen LogP contribution in [-0.4, -0.2) is 6.61 Å². The maximum absolute atomic E-state index is 5.84. The van der Waals surface area contributed by atoms with Crippen LogP contribution in [0.25, 0.3) is 0 Å². The molecule has 0 aromatic heterocycles. The molecule has 0 saturated carbocycles. The van der Waals surface area contributed by atoms with Gasteiger partial charge in [-0.3, -0.25) is 0 Å². The molecule has 0 bridgehead atoms. The minimum Gasteiger partial charge on any atom is -0.497 e. The molecule has 0 aromatic rings. The zero-order valence-corrected chi connectivity index (χ0v) is 7.40. The van der Waals surface area contributed by atoms with E-state index < -0.39 is 0 Å². The summed E-state index contributed by atoms with van der Waals surface area (Å²) in [7, 11) is 0. The highest BCUT2D eigenvalue weighted by Gasteiger charge is 2.20. The molecule has 0 spiro atoms. The van der Waals surface area contributed by atoms with Crippen molar-refractivity contribution in [3.63, 3.8) is 0 Å². The first kappa shape index (κ1) is 7.76. The molecule has 1 atom stereocenters. The number of fused-ring (bicyclic) bond motifs is 1. The van der Waals surface area contributed by atoms with Crippen LogP contribution in [0.15, 0.2) is 22.9 Å². The van der Waals surface area contributed by atoms with Crippen LogP contribution in [0.2, 0.25) is 0 Å². The van der Waals surface area contributed by atoms with Gasteiger partial charge in [0, 0.05) is 17.9 Å². The summed E-state index contributed by atoms with van der Waals surface area (Å²) >= 11 is 5.84. The molecule has 0 aromatic carbocycles. The Bertz CT molecular complexity index is 304. The number of rotatable bonds is 0. The molecule has 1 fully saturated rings. The van der Waals surface area contributed by atoms with Gasteiger partial charge in [0.25, 0.3) is 0 Å². The summed E-state index contributed by atoms with van der Waals surface area (Å²) in [4.78, 5) is 0. The summed E-state index contributed by atoms with van der Waals surface area (Å²) in [5.74, 6) is 7.47. The Morgan fingerprint density at radius 3 is 3.33 bits per heavy atom. The largest absolute Gasteiger partial charge is 0.497 e. The van der Waals surface area contributed by atoms with E-state index in [1.54, 1.807) is 0 Å². The van der Waals surface area contributed by atoms with Gasteiger partial charge in [-0.2, -0.15) is 0 Å². The van der Waals surface area contributed by atoms with Crippen molar-refractivity contribution in [3.05, 3.63) is 22.9 Å². The predicted molar refractivity (Wildman–Crippen MR) is 48.5 cm³/mol. The van der Waals surface area contributed by atoms with E-state index in [1.165, 1.54) is 0 Å². The first-order valence-corrected chi connectivity index (χ1v) is 4.41. The zero-order chi connectivity index (χ0) is 8.39. The molecule has 12 heavy (non-hydrogen) atoms. The van der Waals surface area contributed by atoms with Crippen molar-refractivity contribution >= 4 is 11.6 Å². The Morgan fingerprint density at radius 1 is 1.50 bits per heavy atom. The highest BCUT2D eigenvalue weighted by atomic mass is 35.5. The quantitative estimate of drug-likeness (QED) is 0.521. The molecule has 1 aliphatic heterocycles. The fourth-order valence-corrected chi connectivity index (χ4v) is 1.47. The van der Waals surface area contributed by atoms with Crippen molar-refractivity contribution in [2.45, 2.75) is 12.8 Å². The molecule has 1 nitrogen and oxygen atoms in total. The third-order valence-corrected chi connectivity index (χ3v) is 2.24. The van der Waals surface area contributed by atoms with E-state index in [0.29, 0.717) is 12.3 Å². The zero-order valence-electron chi connectivity index (χ0n) is 6.64.